The third kappa shape index (κ3) is 4.10. The fourth-order valence-corrected chi connectivity index (χ4v) is 3.21. The molecule has 128 valence electrons. The highest BCUT2D eigenvalue weighted by molar-refractivity contribution is 6.30. The smallest absolute Gasteiger partial charge is 0.243 e. The van der Waals surface area contributed by atoms with E-state index in [1.54, 1.807) is 12.1 Å². The van der Waals surface area contributed by atoms with Gasteiger partial charge in [-0.1, -0.05) is 24.4 Å². The summed E-state index contributed by atoms with van der Waals surface area (Å²) in [5, 5.41) is 15.9. The molecule has 24 heavy (non-hydrogen) atoms. The van der Waals surface area contributed by atoms with Crippen LogP contribution in [0.4, 0.5) is 0 Å². The van der Waals surface area contributed by atoms with Crippen molar-refractivity contribution in [3.05, 3.63) is 29.3 Å². The number of nitrogens with two attached hydrogens (primary N) is 1. The Morgan fingerprint density at radius 1 is 1.29 bits per heavy atom. The summed E-state index contributed by atoms with van der Waals surface area (Å²) in [6.07, 6.45) is 4.37. The maximum Gasteiger partial charge on any atom is 0.243 e. The Balaban J connectivity index is 1.59. The van der Waals surface area contributed by atoms with Gasteiger partial charge in [0.25, 0.3) is 0 Å². The molecule has 1 aliphatic rings. The largest absolute Gasteiger partial charge is 0.351 e. The molecule has 1 fully saturated rings. The van der Waals surface area contributed by atoms with Crippen molar-refractivity contribution in [3.63, 3.8) is 0 Å². The van der Waals surface area contributed by atoms with Crippen LogP contribution in [-0.2, 0) is 11.3 Å². The van der Waals surface area contributed by atoms with Crippen LogP contribution in [0.3, 0.4) is 0 Å². The quantitative estimate of drug-likeness (QED) is 0.855. The van der Waals surface area contributed by atoms with Gasteiger partial charge in [-0.2, -0.15) is 4.80 Å². The molecule has 1 aromatic heterocycles. The molecule has 1 aliphatic carbocycles. The van der Waals surface area contributed by atoms with Crippen molar-refractivity contribution in [1.82, 2.24) is 25.5 Å². The highest BCUT2D eigenvalue weighted by Gasteiger charge is 2.25. The van der Waals surface area contributed by atoms with Gasteiger partial charge >= 0.3 is 0 Å². The Hall–Kier alpha value is -1.99. The minimum Gasteiger partial charge on any atom is -0.351 e. The topological polar surface area (TPSA) is 98.7 Å². The zero-order valence-corrected chi connectivity index (χ0v) is 14.1. The number of carbonyl (C=O) groups excluding carboxylic acids is 1. The second-order valence-electron chi connectivity index (χ2n) is 6.10. The van der Waals surface area contributed by atoms with E-state index in [-0.39, 0.29) is 18.5 Å². The summed E-state index contributed by atoms with van der Waals surface area (Å²) in [5.74, 6) is 0.716. The van der Waals surface area contributed by atoms with Gasteiger partial charge in [-0.3, -0.25) is 4.79 Å². The lowest BCUT2D eigenvalue weighted by molar-refractivity contribution is -0.123. The minimum atomic E-state index is -0.111. The van der Waals surface area contributed by atoms with Crippen LogP contribution in [0.15, 0.2) is 24.3 Å². The van der Waals surface area contributed by atoms with Crippen LogP contribution in [0.5, 0.6) is 0 Å². The number of hydrogen-bond acceptors (Lipinski definition) is 5. The first kappa shape index (κ1) is 16.9. The molecule has 3 N–H and O–H groups in total. The van der Waals surface area contributed by atoms with Gasteiger partial charge in [0.1, 0.15) is 6.54 Å². The van der Waals surface area contributed by atoms with Gasteiger partial charge in [-0.05, 0) is 54.8 Å². The lowest BCUT2D eigenvalue weighted by Crippen LogP contribution is -2.45. The van der Waals surface area contributed by atoms with Gasteiger partial charge in [-0.15, -0.1) is 10.2 Å². The number of benzene rings is 1. The van der Waals surface area contributed by atoms with Gasteiger partial charge in [0.2, 0.25) is 11.7 Å². The highest BCUT2D eigenvalue weighted by Crippen LogP contribution is 2.23. The molecule has 2 atom stereocenters. The number of nitrogens with zero attached hydrogens (tertiary/aromatic N) is 4. The van der Waals surface area contributed by atoms with E-state index in [1.165, 1.54) is 11.2 Å². The molecule has 1 aromatic carbocycles. The average Bonchev–Trinajstić information content (AvgIpc) is 3.04. The maximum atomic E-state index is 12.2. The van der Waals surface area contributed by atoms with E-state index < -0.39 is 0 Å². The molecule has 7 nitrogen and oxygen atoms in total. The Morgan fingerprint density at radius 2 is 2.04 bits per heavy atom. The zero-order valence-electron chi connectivity index (χ0n) is 13.4. The Morgan fingerprint density at radius 3 is 2.79 bits per heavy atom. The van der Waals surface area contributed by atoms with E-state index >= 15 is 0 Å². The van der Waals surface area contributed by atoms with Gasteiger partial charge in [0.15, 0.2) is 0 Å². The van der Waals surface area contributed by atoms with Crippen molar-refractivity contribution in [2.24, 2.45) is 11.7 Å². The predicted molar refractivity (Wildman–Crippen MR) is 91.2 cm³/mol. The number of nitrogens with one attached hydrogen (secondary N) is 1. The number of tetrazole rings is 1. The molecule has 2 unspecified atom stereocenters. The Kier molecular flexibility index (Phi) is 5.42. The van der Waals surface area contributed by atoms with Crippen molar-refractivity contribution >= 4 is 17.5 Å². The normalized spacial score (nSPS) is 20.8. The molecular formula is C16H21ClN6O. The number of hydrogen-bond donors (Lipinski definition) is 2. The molecule has 3 rings (SSSR count). The highest BCUT2D eigenvalue weighted by atomic mass is 35.5. The molecular weight excluding hydrogens is 328 g/mol. The van der Waals surface area contributed by atoms with Crippen LogP contribution in [0.25, 0.3) is 11.4 Å². The van der Waals surface area contributed by atoms with Crippen LogP contribution < -0.4 is 11.1 Å². The monoisotopic (exact) mass is 348 g/mol. The van der Waals surface area contributed by atoms with Crippen molar-refractivity contribution in [3.8, 4) is 11.4 Å². The molecule has 0 saturated heterocycles. The molecule has 0 radical (unpaired) electrons. The van der Waals surface area contributed by atoms with Gasteiger partial charge in [-0.25, -0.2) is 0 Å². The summed E-state index contributed by atoms with van der Waals surface area (Å²) < 4.78 is 0. The Labute approximate surface area is 145 Å². The number of rotatable bonds is 5. The molecule has 2 aromatic rings. The SMILES string of the molecule is NCC1CCCCC1NC(=O)Cn1nnc(-c2ccc(Cl)cc2)n1. The molecule has 1 amide bonds. The van der Waals surface area contributed by atoms with E-state index in [2.05, 4.69) is 20.7 Å². The first-order chi connectivity index (χ1) is 11.7. The lowest BCUT2D eigenvalue weighted by atomic mass is 9.84. The van der Waals surface area contributed by atoms with Crippen molar-refractivity contribution in [2.45, 2.75) is 38.3 Å². The van der Waals surface area contributed by atoms with E-state index in [9.17, 15) is 4.79 Å². The van der Waals surface area contributed by atoms with Crippen molar-refractivity contribution in [2.75, 3.05) is 6.54 Å². The van der Waals surface area contributed by atoms with Gasteiger partial charge in [0.05, 0.1) is 0 Å². The summed E-state index contributed by atoms with van der Waals surface area (Å²) in [5.41, 5.74) is 6.61. The minimum absolute atomic E-state index is 0.0500. The van der Waals surface area contributed by atoms with E-state index in [0.29, 0.717) is 23.3 Å². The van der Waals surface area contributed by atoms with Crippen LogP contribution in [0, 0.1) is 5.92 Å². The molecule has 0 spiro atoms. The summed E-state index contributed by atoms with van der Waals surface area (Å²) in [6.45, 7) is 0.654. The molecule has 1 saturated carbocycles. The van der Waals surface area contributed by atoms with Crippen LogP contribution >= 0.6 is 11.6 Å². The molecule has 1 heterocycles. The van der Waals surface area contributed by atoms with Crippen molar-refractivity contribution in [1.29, 1.82) is 0 Å². The fourth-order valence-electron chi connectivity index (χ4n) is 3.09. The Bertz CT molecular complexity index is 686. The maximum absolute atomic E-state index is 12.2. The summed E-state index contributed by atoms with van der Waals surface area (Å²) >= 11 is 5.87. The second kappa shape index (κ2) is 7.72. The summed E-state index contributed by atoms with van der Waals surface area (Å²) in [6, 6.07) is 7.31. The number of aromatic nitrogens is 4. The summed E-state index contributed by atoms with van der Waals surface area (Å²) in [4.78, 5) is 13.5. The average molecular weight is 349 g/mol. The van der Waals surface area contributed by atoms with E-state index in [0.717, 1.165) is 24.8 Å². The fraction of sp³-hybridized carbons (Fsp3) is 0.500. The van der Waals surface area contributed by atoms with E-state index in [4.69, 9.17) is 17.3 Å². The number of amides is 1. The summed E-state index contributed by atoms with van der Waals surface area (Å²) in [7, 11) is 0. The molecule has 8 heteroatoms. The van der Waals surface area contributed by atoms with E-state index in [1.807, 2.05) is 12.1 Å². The molecule has 0 bridgehead atoms. The second-order valence-corrected chi connectivity index (χ2v) is 6.54. The first-order valence-electron chi connectivity index (χ1n) is 8.19. The third-order valence-corrected chi connectivity index (χ3v) is 4.65. The van der Waals surface area contributed by atoms with Gasteiger partial charge < -0.3 is 11.1 Å². The lowest BCUT2D eigenvalue weighted by Gasteiger charge is -2.31. The standard InChI is InChI=1S/C16H21ClN6O/c17-13-7-5-11(6-8-13)16-20-22-23(21-16)10-15(24)19-14-4-2-1-3-12(14)9-18/h5-8,12,14H,1-4,9-10,18H2,(H,19,24). The van der Waals surface area contributed by atoms with Crippen LogP contribution in [0.1, 0.15) is 25.7 Å². The van der Waals surface area contributed by atoms with Gasteiger partial charge in [0, 0.05) is 16.6 Å². The van der Waals surface area contributed by atoms with Crippen LogP contribution in [0.2, 0.25) is 5.02 Å². The number of carbonyl (C=O) groups is 1. The zero-order chi connectivity index (χ0) is 16.9. The van der Waals surface area contributed by atoms with Crippen molar-refractivity contribution < 1.29 is 4.79 Å². The third-order valence-electron chi connectivity index (χ3n) is 4.40. The molecule has 0 aliphatic heterocycles. The number of halogens is 1. The first-order valence-corrected chi connectivity index (χ1v) is 8.56. The van der Waals surface area contributed by atoms with Crippen LogP contribution in [-0.4, -0.2) is 38.7 Å². The predicted octanol–water partition coefficient (Wildman–Crippen LogP) is 1.63.